The molecule has 0 radical (unpaired) electrons. The molecule has 1 amide bonds. The molecule has 4 aromatic rings. The predicted molar refractivity (Wildman–Crippen MR) is 119 cm³/mol. The summed E-state index contributed by atoms with van der Waals surface area (Å²) in [5.41, 5.74) is 5.80. The summed E-state index contributed by atoms with van der Waals surface area (Å²) in [5, 5.41) is 8.13. The van der Waals surface area contributed by atoms with Gasteiger partial charge in [-0.1, -0.05) is 18.2 Å². The van der Waals surface area contributed by atoms with Gasteiger partial charge in [0.15, 0.2) is 11.2 Å². The normalized spacial score (nSPS) is 15.6. The molecule has 1 atom stereocenters. The van der Waals surface area contributed by atoms with E-state index in [2.05, 4.69) is 42.5 Å². The second kappa shape index (κ2) is 7.54. The van der Waals surface area contributed by atoms with Crippen LogP contribution in [-0.4, -0.2) is 15.7 Å². The van der Waals surface area contributed by atoms with E-state index in [1.54, 1.807) is 24.3 Å². The van der Waals surface area contributed by atoms with E-state index in [0.717, 1.165) is 36.2 Å². The molecule has 0 fully saturated rings. The van der Waals surface area contributed by atoms with E-state index in [9.17, 15) is 9.59 Å². The van der Waals surface area contributed by atoms with Crippen molar-refractivity contribution in [1.82, 2.24) is 15.1 Å². The lowest BCUT2D eigenvalue weighted by atomic mass is 9.92. The van der Waals surface area contributed by atoms with Gasteiger partial charge in [0.05, 0.1) is 23.3 Å². The number of hydrogen-bond acceptors (Lipinski definition) is 4. The lowest BCUT2D eigenvalue weighted by Gasteiger charge is -2.24. The van der Waals surface area contributed by atoms with Crippen LogP contribution in [0.25, 0.3) is 16.7 Å². The number of nitrogens with zero attached hydrogens (tertiary/aromatic N) is 2. The van der Waals surface area contributed by atoms with Crippen molar-refractivity contribution < 1.29 is 9.21 Å². The van der Waals surface area contributed by atoms with Gasteiger partial charge >= 0.3 is 0 Å². The van der Waals surface area contributed by atoms with Gasteiger partial charge in [0.1, 0.15) is 5.58 Å². The van der Waals surface area contributed by atoms with Crippen molar-refractivity contribution in [2.24, 2.45) is 0 Å². The van der Waals surface area contributed by atoms with Crippen LogP contribution >= 0.6 is 0 Å². The molecule has 5 rings (SSSR count). The lowest BCUT2D eigenvalue weighted by molar-refractivity contribution is 0.0905. The topological polar surface area (TPSA) is 77.1 Å². The van der Waals surface area contributed by atoms with Gasteiger partial charge in [-0.05, 0) is 68.5 Å². The van der Waals surface area contributed by atoms with Crippen LogP contribution in [0.4, 0.5) is 0 Å². The van der Waals surface area contributed by atoms with Crippen LogP contribution in [0.3, 0.4) is 0 Å². The lowest BCUT2D eigenvalue weighted by Crippen LogP contribution is -2.31. The average molecular weight is 413 g/mol. The highest BCUT2D eigenvalue weighted by Gasteiger charge is 2.27. The number of rotatable bonds is 3. The van der Waals surface area contributed by atoms with E-state index in [-0.39, 0.29) is 23.1 Å². The molecule has 2 heterocycles. The molecule has 1 aliphatic carbocycles. The molecule has 0 bridgehead atoms. The Labute approximate surface area is 179 Å². The molecule has 0 aliphatic heterocycles. The number of amides is 1. The van der Waals surface area contributed by atoms with Gasteiger partial charge in [0, 0.05) is 17.3 Å². The number of aromatic nitrogens is 2. The first-order valence-electron chi connectivity index (χ1n) is 10.5. The van der Waals surface area contributed by atoms with Gasteiger partial charge in [0.2, 0.25) is 0 Å². The summed E-state index contributed by atoms with van der Waals surface area (Å²) in [5.74, 6) is -0.364. The number of nitrogens with one attached hydrogen (secondary N) is 1. The summed E-state index contributed by atoms with van der Waals surface area (Å²) in [6.07, 6.45) is 4.50. The van der Waals surface area contributed by atoms with E-state index in [1.807, 2.05) is 10.9 Å². The van der Waals surface area contributed by atoms with Crippen LogP contribution in [0.5, 0.6) is 0 Å². The first kappa shape index (κ1) is 19.3. The van der Waals surface area contributed by atoms with Crippen LogP contribution in [0.15, 0.2) is 63.9 Å². The number of aryl methyl sites for hydroxylation is 2. The molecule has 6 heteroatoms. The third-order valence-corrected chi connectivity index (χ3v) is 6.08. The quantitative estimate of drug-likeness (QED) is 0.540. The van der Waals surface area contributed by atoms with Crippen LogP contribution in [-0.2, 0) is 6.42 Å². The fraction of sp³-hybridized carbons (Fsp3) is 0.240. The zero-order chi connectivity index (χ0) is 21.5. The molecule has 156 valence electrons. The summed E-state index contributed by atoms with van der Waals surface area (Å²) < 4.78 is 7.67. The maximum absolute atomic E-state index is 12.9. The van der Waals surface area contributed by atoms with Crippen LogP contribution in [0, 0.1) is 13.8 Å². The van der Waals surface area contributed by atoms with Crippen molar-refractivity contribution in [3.05, 3.63) is 93.1 Å². The molecule has 6 nitrogen and oxygen atoms in total. The van der Waals surface area contributed by atoms with Crippen molar-refractivity contribution in [3.8, 4) is 5.69 Å². The Balaban J connectivity index is 1.45. The third kappa shape index (κ3) is 3.44. The number of fused-ring (bicyclic) bond motifs is 2. The van der Waals surface area contributed by atoms with Gasteiger partial charge < -0.3 is 9.73 Å². The average Bonchev–Trinajstić information content (AvgIpc) is 3.21. The molecule has 0 saturated heterocycles. The van der Waals surface area contributed by atoms with Crippen molar-refractivity contribution in [2.75, 3.05) is 0 Å². The molecule has 1 N–H and O–H groups in total. The molecular weight excluding hydrogens is 390 g/mol. The van der Waals surface area contributed by atoms with Crippen molar-refractivity contribution in [1.29, 1.82) is 0 Å². The zero-order valence-electron chi connectivity index (χ0n) is 17.5. The highest BCUT2D eigenvalue weighted by molar-refractivity contribution is 5.93. The number of carbonyl (C=O) groups is 1. The van der Waals surface area contributed by atoms with E-state index in [4.69, 9.17) is 4.42 Å². The van der Waals surface area contributed by atoms with Crippen molar-refractivity contribution >= 4 is 16.9 Å². The standard InChI is InChI=1S/C25H23N3O3/c1-15-10-11-17(12-16(15)2)28-21-8-5-7-20(19(21)14-26-28)27-25(30)24-13-22(29)18-6-3-4-9-23(18)31-24/h3-4,6,9-14,20H,5,7-8H2,1-2H3,(H,27,30)/t20-/m0/s1. The SMILES string of the molecule is Cc1ccc(-n2ncc3c2CCC[C@@H]3NC(=O)c2cc(=O)c3ccccc3o2)cc1C. The van der Waals surface area contributed by atoms with E-state index < -0.39 is 0 Å². The van der Waals surface area contributed by atoms with Crippen LogP contribution < -0.4 is 10.7 Å². The Kier molecular flexibility index (Phi) is 4.70. The first-order chi connectivity index (χ1) is 15.0. The maximum Gasteiger partial charge on any atom is 0.287 e. The summed E-state index contributed by atoms with van der Waals surface area (Å²) in [6, 6.07) is 14.3. The minimum atomic E-state index is -0.389. The van der Waals surface area contributed by atoms with Crippen LogP contribution in [0.1, 0.15) is 51.8 Å². The minimum Gasteiger partial charge on any atom is -0.451 e. The Bertz CT molecular complexity index is 1370. The Morgan fingerprint density at radius 1 is 1.13 bits per heavy atom. The van der Waals surface area contributed by atoms with Gasteiger partial charge in [-0.25, -0.2) is 4.68 Å². The number of benzene rings is 2. The molecule has 1 aliphatic rings. The number of carbonyl (C=O) groups excluding carboxylic acids is 1. The molecule has 2 aromatic carbocycles. The minimum absolute atomic E-state index is 0.0253. The van der Waals surface area contributed by atoms with E-state index in [0.29, 0.717) is 11.0 Å². The molecule has 0 unspecified atom stereocenters. The number of hydrogen-bond donors (Lipinski definition) is 1. The second-order valence-electron chi connectivity index (χ2n) is 8.12. The second-order valence-corrected chi connectivity index (χ2v) is 8.12. The summed E-state index contributed by atoms with van der Waals surface area (Å²) in [6.45, 7) is 4.18. The predicted octanol–water partition coefficient (Wildman–Crippen LogP) is 4.40. The van der Waals surface area contributed by atoms with E-state index >= 15 is 0 Å². The molecular formula is C25H23N3O3. The van der Waals surface area contributed by atoms with Gasteiger partial charge in [-0.3, -0.25) is 9.59 Å². The van der Waals surface area contributed by atoms with Crippen molar-refractivity contribution in [2.45, 2.75) is 39.2 Å². The molecule has 2 aromatic heterocycles. The fourth-order valence-electron chi connectivity index (χ4n) is 4.23. The van der Waals surface area contributed by atoms with Gasteiger partial charge in [0.25, 0.3) is 5.91 Å². The summed E-state index contributed by atoms with van der Waals surface area (Å²) in [7, 11) is 0. The largest absolute Gasteiger partial charge is 0.451 e. The number of para-hydroxylation sites is 1. The highest BCUT2D eigenvalue weighted by Crippen LogP contribution is 2.31. The first-order valence-corrected chi connectivity index (χ1v) is 10.5. The highest BCUT2D eigenvalue weighted by atomic mass is 16.3. The van der Waals surface area contributed by atoms with Crippen LogP contribution in [0.2, 0.25) is 0 Å². The maximum atomic E-state index is 12.9. The molecule has 0 spiro atoms. The van der Waals surface area contributed by atoms with Gasteiger partial charge in [-0.2, -0.15) is 5.10 Å². The fourth-order valence-corrected chi connectivity index (χ4v) is 4.23. The Hall–Kier alpha value is -3.67. The Morgan fingerprint density at radius 2 is 1.97 bits per heavy atom. The third-order valence-electron chi connectivity index (χ3n) is 6.08. The summed E-state index contributed by atoms with van der Waals surface area (Å²) in [4.78, 5) is 25.3. The van der Waals surface area contributed by atoms with E-state index in [1.165, 1.54) is 17.2 Å². The Morgan fingerprint density at radius 3 is 2.81 bits per heavy atom. The van der Waals surface area contributed by atoms with Crippen molar-refractivity contribution in [3.63, 3.8) is 0 Å². The van der Waals surface area contributed by atoms with Gasteiger partial charge in [-0.15, -0.1) is 0 Å². The summed E-state index contributed by atoms with van der Waals surface area (Å²) >= 11 is 0. The smallest absolute Gasteiger partial charge is 0.287 e. The molecule has 31 heavy (non-hydrogen) atoms. The molecule has 0 saturated carbocycles. The zero-order valence-corrected chi connectivity index (χ0v) is 17.5. The monoisotopic (exact) mass is 413 g/mol.